The summed E-state index contributed by atoms with van der Waals surface area (Å²) in [5.41, 5.74) is 0. The summed E-state index contributed by atoms with van der Waals surface area (Å²) in [4.78, 5) is 11.2. The molecule has 0 saturated heterocycles. The summed E-state index contributed by atoms with van der Waals surface area (Å²) >= 11 is 0. The van der Waals surface area contributed by atoms with E-state index in [-0.39, 0.29) is 11.9 Å². The molecule has 0 aliphatic carbocycles. The third-order valence-corrected chi connectivity index (χ3v) is 2.07. The fraction of sp³-hybridized carbons (Fsp3) is 0.900. The van der Waals surface area contributed by atoms with Crippen LogP contribution in [0.15, 0.2) is 0 Å². The van der Waals surface area contributed by atoms with Gasteiger partial charge in [-0.15, -0.1) is 0 Å². The first-order valence-electron chi connectivity index (χ1n) is 5.01. The van der Waals surface area contributed by atoms with Crippen molar-refractivity contribution < 1.29 is 9.53 Å². The topological polar surface area (TPSA) is 38.3 Å². The average Bonchev–Trinajstić information content (AvgIpc) is 2.13. The van der Waals surface area contributed by atoms with Gasteiger partial charge in [-0.3, -0.25) is 4.79 Å². The highest BCUT2D eigenvalue weighted by atomic mass is 16.5. The molecule has 0 aliphatic rings. The van der Waals surface area contributed by atoms with Crippen molar-refractivity contribution in [1.29, 1.82) is 0 Å². The van der Waals surface area contributed by atoms with Gasteiger partial charge in [0.05, 0.1) is 12.5 Å². The molecule has 0 fully saturated rings. The molecule has 0 heterocycles. The third kappa shape index (κ3) is 5.64. The van der Waals surface area contributed by atoms with Crippen molar-refractivity contribution >= 4 is 5.97 Å². The fourth-order valence-electron chi connectivity index (χ4n) is 0.890. The van der Waals surface area contributed by atoms with Crippen LogP contribution in [0.2, 0.25) is 0 Å². The van der Waals surface area contributed by atoms with E-state index in [9.17, 15) is 4.79 Å². The molecule has 78 valence electrons. The molecule has 0 aromatic carbocycles. The summed E-state index contributed by atoms with van der Waals surface area (Å²) in [5, 5.41) is 3.27. The van der Waals surface area contributed by atoms with Crippen LogP contribution in [0.5, 0.6) is 0 Å². The summed E-state index contributed by atoms with van der Waals surface area (Å²) in [6.07, 6.45) is 1.08. The lowest BCUT2D eigenvalue weighted by Gasteiger charge is -2.15. The van der Waals surface area contributed by atoms with Crippen molar-refractivity contribution in [2.75, 3.05) is 13.2 Å². The van der Waals surface area contributed by atoms with Crippen LogP contribution in [0.25, 0.3) is 0 Å². The van der Waals surface area contributed by atoms with Crippen LogP contribution in [0, 0.1) is 5.92 Å². The molecule has 2 unspecified atom stereocenters. The molecule has 0 amide bonds. The van der Waals surface area contributed by atoms with Crippen molar-refractivity contribution in [2.24, 2.45) is 5.92 Å². The molecule has 0 rings (SSSR count). The zero-order chi connectivity index (χ0) is 10.3. The van der Waals surface area contributed by atoms with Crippen molar-refractivity contribution in [1.82, 2.24) is 5.32 Å². The smallest absolute Gasteiger partial charge is 0.309 e. The maximum Gasteiger partial charge on any atom is 0.309 e. The quantitative estimate of drug-likeness (QED) is 0.641. The SMILES string of the molecule is CCOC(=O)C(C)CNC(C)CC. The molecule has 0 bridgehead atoms. The predicted molar refractivity (Wildman–Crippen MR) is 53.6 cm³/mol. The standard InChI is InChI=1S/C10H21NO2/c1-5-9(4)11-7-8(3)10(12)13-6-2/h8-9,11H,5-7H2,1-4H3. The first-order chi connectivity index (χ1) is 6.11. The number of ether oxygens (including phenoxy) is 1. The van der Waals surface area contributed by atoms with Crippen molar-refractivity contribution in [3.05, 3.63) is 0 Å². The molecule has 13 heavy (non-hydrogen) atoms. The minimum Gasteiger partial charge on any atom is -0.466 e. The average molecular weight is 187 g/mol. The van der Waals surface area contributed by atoms with E-state index in [0.717, 1.165) is 6.42 Å². The Morgan fingerprint density at radius 2 is 2.00 bits per heavy atom. The van der Waals surface area contributed by atoms with Crippen LogP contribution in [0.1, 0.15) is 34.1 Å². The zero-order valence-electron chi connectivity index (χ0n) is 9.09. The zero-order valence-corrected chi connectivity index (χ0v) is 9.09. The largest absolute Gasteiger partial charge is 0.466 e. The molecular weight excluding hydrogens is 166 g/mol. The molecule has 0 aromatic heterocycles. The van der Waals surface area contributed by atoms with Crippen LogP contribution in [-0.2, 0) is 9.53 Å². The van der Waals surface area contributed by atoms with Crippen LogP contribution in [-0.4, -0.2) is 25.2 Å². The Hall–Kier alpha value is -0.570. The van der Waals surface area contributed by atoms with E-state index in [1.54, 1.807) is 0 Å². The lowest BCUT2D eigenvalue weighted by Crippen LogP contribution is -2.33. The van der Waals surface area contributed by atoms with Gasteiger partial charge in [0.2, 0.25) is 0 Å². The predicted octanol–water partition coefficient (Wildman–Crippen LogP) is 1.57. The maximum absolute atomic E-state index is 11.2. The van der Waals surface area contributed by atoms with Gasteiger partial charge in [-0.05, 0) is 20.3 Å². The molecule has 0 aromatic rings. The maximum atomic E-state index is 11.2. The highest BCUT2D eigenvalue weighted by Crippen LogP contribution is 1.98. The van der Waals surface area contributed by atoms with E-state index < -0.39 is 0 Å². The molecular formula is C10H21NO2. The number of carbonyl (C=O) groups excluding carboxylic acids is 1. The third-order valence-electron chi connectivity index (χ3n) is 2.07. The van der Waals surface area contributed by atoms with Crippen LogP contribution >= 0.6 is 0 Å². The Morgan fingerprint density at radius 1 is 1.38 bits per heavy atom. The number of hydrogen-bond donors (Lipinski definition) is 1. The number of nitrogens with one attached hydrogen (secondary N) is 1. The van der Waals surface area contributed by atoms with Crippen molar-refractivity contribution in [3.63, 3.8) is 0 Å². The molecule has 1 N–H and O–H groups in total. The van der Waals surface area contributed by atoms with Gasteiger partial charge in [-0.2, -0.15) is 0 Å². The summed E-state index contributed by atoms with van der Waals surface area (Å²) in [5.74, 6) is -0.160. The van der Waals surface area contributed by atoms with E-state index in [1.165, 1.54) is 0 Å². The second-order valence-electron chi connectivity index (χ2n) is 3.37. The highest BCUT2D eigenvalue weighted by molar-refractivity contribution is 5.72. The first kappa shape index (κ1) is 12.4. The van der Waals surface area contributed by atoms with Gasteiger partial charge in [0.25, 0.3) is 0 Å². The van der Waals surface area contributed by atoms with Crippen LogP contribution in [0.3, 0.4) is 0 Å². The molecule has 0 aliphatic heterocycles. The monoisotopic (exact) mass is 187 g/mol. The fourth-order valence-corrected chi connectivity index (χ4v) is 0.890. The number of rotatable bonds is 6. The van der Waals surface area contributed by atoms with Gasteiger partial charge >= 0.3 is 5.97 Å². The Balaban J connectivity index is 3.60. The van der Waals surface area contributed by atoms with Crippen LogP contribution in [0.4, 0.5) is 0 Å². The number of hydrogen-bond acceptors (Lipinski definition) is 3. The number of esters is 1. The molecule has 2 atom stereocenters. The summed E-state index contributed by atoms with van der Waals surface area (Å²) < 4.78 is 4.89. The van der Waals surface area contributed by atoms with E-state index in [2.05, 4.69) is 19.2 Å². The highest BCUT2D eigenvalue weighted by Gasteiger charge is 2.13. The van der Waals surface area contributed by atoms with E-state index in [1.807, 2.05) is 13.8 Å². The van der Waals surface area contributed by atoms with E-state index in [4.69, 9.17) is 4.74 Å². The first-order valence-corrected chi connectivity index (χ1v) is 5.01. The van der Waals surface area contributed by atoms with Crippen LogP contribution < -0.4 is 5.32 Å². The lowest BCUT2D eigenvalue weighted by atomic mass is 10.1. The second kappa shape index (κ2) is 6.89. The minimum atomic E-state index is -0.113. The summed E-state index contributed by atoms with van der Waals surface area (Å²) in [6, 6.07) is 0.469. The molecule has 0 saturated carbocycles. The van der Waals surface area contributed by atoms with Gasteiger partial charge in [0.1, 0.15) is 0 Å². The molecule has 0 spiro atoms. The Kier molecular flexibility index (Phi) is 6.59. The van der Waals surface area contributed by atoms with Gasteiger partial charge in [0.15, 0.2) is 0 Å². The summed E-state index contributed by atoms with van der Waals surface area (Å²) in [6.45, 7) is 9.10. The van der Waals surface area contributed by atoms with Gasteiger partial charge < -0.3 is 10.1 Å². The molecule has 0 radical (unpaired) electrons. The number of carbonyl (C=O) groups is 1. The van der Waals surface area contributed by atoms with Gasteiger partial charge in [0, 0.05) is 12.6 Å². The second-order valence-corrected chi connectivity index (χ2v) is 3.37. The van der Waals surface area contributed by atoms with Gasteiger partial charge in [-0.25, -0.2) is 0 Å². The molecule has 3 nitrogen and oxygen atoms in total. The normalized spacial score (nSPS) is 15.1. The van der Waals surface area contributed by atoms with Crippen molar-refractivity contribution in [2.45, 2.75) is 40.2 Å². The Morgan fingerprint density at radius 3 is 2.46 bits per heavy atom. The Bertz CT molecular complexity index is 148. The summed E-state index contributed by atoms with van der Waals surface area (Å²) in [7, 11) is 0. The Labute approximate surface area is 80.8 Å². The van der Waals surface area contributed by atoms with E-state index in [0.29, 0.717) is 19.2 Å². The van der Waals surface area contributed by atoms with Gasteiger partial charge in [-0.1, -0.05) is 13.8 Å². The van der Waals surface area contributed by atoms with Crippen molar-refractivity contribution in [3.8, 4) is 0 Å². The lowest BCUT2D eigenvalue weighted by molar-refractivity contribution is -0.147. The molecule has 3 heteroatoms. The van der Waals surface area contributed by atoms with E-state index >= 15 is 0 Å². The minimum absolute atomic E-state index is 0.0473.